The normalized spacial score (nSPS) is 10.3. The van der Waals surface area contributed by atoms with Crippen LogP contribution in [0.15, 0.2) is 66.7 Å². The molecule has 0 fully saturated rings. The van der Waals surface area contributed by atoms with Crippen molar-refractivity contribution in [2.45, 2.75) is 13.5 Å². The predicted octanol–water partition coefficient (Wildman–Crippen LogP) is 3.70. The predicted molar refractivity (Wildman–Crippen MR) is 104 cm³/mol. The zero-order valence-electron chi connectivity index (χ0n) is 15.2. The minimum Gasteiger partial charge on any atom is -0.339 e. The summed E-state index contributed by atoms with van der Waals surface area (Å²) in [4.78, 5) is 25.4. The number of anilines is 2. The number of ketones is 1. The van der Waals surface area contributed by atoms with Crippen LogP contribution in [0.3, 0.4) is 0 Å². The van der Waals surface area contributed by atoms with E-state index in [4.69, 9.17) is 0 Å². The SMILES string of the molecule is CC(=O)c1ccc(Nc2ccc(C(=O)N(C)Cc3ccccc3)nn2)cc1. The van der Waals surface area contributed by atoms with Crippen LogP contribution >= 0.6 is 0 Å². The molecule has 0 unspecified atom stereocenters. The van der Waals surface area contributed by atoms with Gasteiger partial charge in [-0.2, -0.15) is 0 Å². The third-order valence-corrected chi connectivity index (χ3v) is 4.06. The van der Waals surface area contributed by atoms with Gasteiger partial charge in [0, 0.05) is 24.8 Å². The molecule has 0 saturated carbocycles. The van der Waals surface area contributed by atoms with E-state index in [9.17, 15) is 9.59 Å². The fraction of sp³-hybridized carbons (Fsp3) is 0.143. The van der Waals surface area contributed by atoms with Crippen molar-refractivity contribution in [3.63, 3.8) is 0 Å². The second-order valence-electron chi connectivity index (χ2n) is 6.21. The van der Waals surface area contributed by atoms with E-state index in [1.165, 1.54) is 6.92 Å². The van der Waals surface area contributed by atoms with Crippen LogP contribution in [-0.4, -0.2) is 33.8 Å². The van der Waals surface area contributed by atoms with E-state index in [0.29, 0.717) is 17.9 Å². The Bertz CT molecular complexity index is 923. The molecule has 27 heavy (non-hydrogen) atoms. The van der Waals surface area contributed by atoms with E-state index >= 15 is 0 Å². The Morgan fingerprint density at radius 2 is 1.63 bits per heavy atom. The number of carbonyl (C=O) groups excluding carboxylic acids is 2. The van der Waals surface area contributed by atoms with Gasteiger partial charge < -0.3 is 10.2 Å². The number of amides is 1. The summed E-state index contributed by atoms with van der Waals surface area (Å²) in [7, 11) is 1.74. The molecule has 0 saturated heterocycles. The standard InChI is InChI=1S/C21H20N4O2/c1-15(26)17-8-10-18(11-9-17)22-20-13-12-19(23-24-20)21(27)25(2)14-16-6-4-3-5-7-16/h3-13H,14H2,1-2H3,(H,22,24). The summed E-state index contributed by atoms with van der Waals surface area (Å²) >= 11 is 0. The number of benzene rings is 2. The molecule has 3 rings (SSSR count). The summed E-state index contributed by atoms with van der Waals surface area (Å²) in [5.41, 5.74) is 2.77. The molecule has 0 bridgehead atoms. The molecule has 1 heterocycles. The van der Waals surface area contributed by atoms with Gasteiger partial charge in [-0.15, -0.1) is 10.2 Å². The van der Waals surface area contributed by atoms with Crippen LogP contribution in [0.5, 0.6) is 0 Å². The van der Waals surface area contributed by atoms with E-state index in [0.717, 1.165) is 11.3 Å². The summed E-state index contributed by atoms with van der Waals surface area (Å²) in [6.07, 6.45) is 0. The highest BCUT2D eigenvalue weighted by Gasteiger charge is 2.14. The third kappa shape index (κ3) is 4.76. The maximum Gasteiger partial charge on any atom is 0.274 e. The van der Waals surface area contributed by atoms with E-state index in [1.54, 1.807) is 48.3 Å². The maximum atomic E-state index is 12.5. The number of carbonyl (C=O) groups is 2. The Morgan fingerprint density at radius 3 is 2.22 bits per heavy atom. The molecule has 1 aromatic heterocycles. The molecule has 1 amide bonds. The van der Waals surface area contributed by atoms with Gasteiger partial charge in [0.2, 0.25) is 0 Å². The number of aromatic nitrogens is 2. The van der Waals surface area contributed by atoms with Crippen molar-refractivity contribution < 1.29 is 9.59 Å². The number of hydrogen-bond acceptors (Lipinski definition) is 5. The Labute approximate surface area is 157 Å². The second kappa shape index (κ2) is 8.23. The lowest BCUT2D eigenvalue weighted by Crippen LogP contribution is -2.27. The molecule has 6 heteroatoms. The van der Waals surface area contributed by atoms with Crippen LogP contribution < -0.4 is 5.32 Å². The zero-order valence-corrected chi connectivity index (χ0v) is 15.2. The van der Waals surface area contributed by atoms with Crippen LogP contribution in [0.2, 0.25) is 0 Å². The average Bonchev–Trinajstić information content (AvgIpc) is 2.69. The minimum atomic E-state index is -0.191. The van der Waals surface area contributed by atoms with Gasteiger partial charge >= 0.3 is 0 Å². The monoisotopic (exact) mass is 360 g/mol. The highest BCUT2D eigenvalue weighted by molar-refractivity contribution is 5.94. The summed E-state index contributed by atoms with van der Waals surface area (Å²) < 4.78 is 0. The smallest absolute Gasteiger partial charge is 0.274 e. The number of rotatable bonds is 6. The fourth-order valence-electron chi connectivity index (χ4n) is 2.57. The van der Waals surface area contributed by atoms with Crippen molar-refractivity contribution in [2.75, 3.05) is 12.4 Å². The van der Waals surface area contributed by atoms with Gasteiger partial charge in [-0.25, -0.2) is 0 Å². The van der Waals surface area contributed by atoms with Crippen LogP contribution in [0, 0.1) is 0 Å². The van der Waals surface area contributed by atoms with Crippen LogP contribution in [0.1, 0.15) is 33.3 Å². The Balaban J connectivity index is 1.63. The van der Waals surface area contributed by atoms with Crippen molar-refractivity contribution in [1.29, 1.82) is 0 Å². The van der Waals surface area contributed by atoms with Crippen LogP contribution in [-0.2, 0) is 6.54 Å². The van der Waals surface area contributed by atoms with Crippen LogP contribution in [0.25, 0.3) is 0 Å². The lowest BCUT2D eigenvalue weighted by molar-refractivity contribution is 0.0778. The molecule has 0 spiro atoms. The minimum absolute atomic E-state index is 0.0174. The molecule has 3 aromatic rings. The first kappa shape index (κ1) is 18.3. The van der Waals surface area contributed by atoms with Crippen LogP contribution in [0.4, 0.5) is 11.5 Å². The molecule has 0 aliphatic heterocycles. The van der Waals surface area contributed by atoms with E-state index in [2.05, 4.69) is 15.5 Å². The van der Waals surface area contributed by atoms with Gasteiger partial charge in [-0.05, 0) is 48.9 Å². The van der Waals surface area contributed by atoms with E-state index in [1.807, 2.05) is 30.3 Å². The molecule has 1 N–H and O–H groups in total. The second-order valence-corrected chi connectivity index (χ2v) is 6.21. The molecule has 0 aliphatic carbocycles. The topological polar surface area (TPSA) is 75.2 Å². The summed E-state index contributed by atoms with van der Waals surface area (Å²) in [5.74, 6) is 0.348. The van der Waals surface area contributed by atoms with Gasteiger partial charge in [-0.3, -0.25) is 9.59 Å². The number of Topliss-reactive ketones (excluding diaryl/α,β-unsaturated/α-hetero) is 1. The Hall–Kier alpha value is -3.54. The van der Waals surface area contributed by atoms with Gasteiger partial charge in [0.1, 0.15) is 0 Å². The summed E-state index contributed by atoms with van der Waals surface area (Å²) in [6.45, 7) is 2.03. The molecular formula is C21H20N4O2. The van der Waals surface area contributed by atoms with Gasteiger partial charge in [0.05, 0.1) is 0 Å². The van der Waals surface area contributed by atoms with E-state index < -0.39 is 0 Å². The van der Waals surface area contributed by atoms with Crippen molar-refractivity contribution in [3.05, 3.63) is 83.6 Å². The molecule has 136 valence electrons. The fourth-order valence-corrected chi connectivity index (χ4v) is 2.57. The van der Waals surface area contributed by atoms with Crippen molar-refractivity contribution in [1.82, 2.24) is 15.1 Å². The van der Waals surface area contributed by atoms with Crippen molar-refractivity contribution in [3.8, 4) is 0 Å². The summed E-state index contributed by atoms with van der Waals surface area (Å²) in [6, 6.07) is 20.2. The third-order valence-electron chi connectivity index (χ3n) is 4.06. The molecule has 0 radical (unpaired) electrons. The average molecular weight is 360 g/mol. The number of nitrogens with zero attached hydrogens (tertiary/aromatic N) is 3. The molecule has 0 aliphatic rings. The quantitative estimate of drug-likeness (QED) is 0.679. The summed E-state index contributed by atoms with van der Waals surface area (Å²) in [5, 5.41) is 11.2. The molecule has 0 atom stereocenters. The first-order valence-corrected chi connectivity index (χ1v) is 8.54. The van der Waals surface area contributed by atoms with Gasteiger partial charge in [0.25, 0.3) is 5.91 Å². The highest BCUT2D eigenvalue weighted by atomic mass is 16.2. The first-order valence-electron chi connectivity index (χ1n) is 8.54. The van der Waals surface area contributed by atoms with Gasteiger partial charge in [0.15, 0.2) is 17.3 Å². The lowest BCUT2D eigenvalue weighted by atomic mass is 10.1. The van der Waals surface area contributed by atoms with E-state index in [-0.39, 0.29) is 17.4 Å². The van der Waals surface area contributed by atoms with Crippen molar-refractivity contribution in [2.24, 2.45) is 0 Å². The highest BCUT2D eigenvalue weighted by Crippen LogP contribution is 2.15. The zero-order chi connectivity index (χ0) is 19.2. The molecular weight excluding hydrogens is 340 g/mol. The largest absolute Gasteiger partial charge is 0.339 e. The Morgan fingerprint density at radius 1 is 0.926 bits per heavy atom. The lowest BCUT2D eigenvalue weighted by Gasteiger charge is -2.16. The van der Waals surface area contributed by atoms with Crippen molar-refractivity contribution >= 4 is 23.2 Å². The molecule has 6 nitrogen and oxygen atoms in total. The Kier molecular flexibility index (Phi) is 5.56. The van der Waals surface area contributed by atoms with Gasteiger partial charge in [-0.1, -0.05) is 30.3 Å². The number of hydrogen-bond donors (Lipinski definition) is 1. The number of nitrogens with one attached hydrogen (secondary N) is 1. The molecule has 2 aromatic carbocycles. The maximum absolute atomic E-state index is 12.5. The first-order chi connectivity index (χ1) is 13.0.